The van der Waals surface area contributed by atoms with Gasteiger partial charge in [-0.15, -0.1) is 0 Å². The van der Waals surface area contributed by atoms with Crippen LogP contribution < -0.4 is 0 Å². The minimum Gasteiger partial charge on any atom is -0.478 e. The number of carboxylic acid groups (broad SMARTS) is 1. The van der Waals surface area contributed by atoms with Crippen molar-refractivity contribution < 1.29 is 9.90 Å². The number of aromatic carboxylic acids is 1. The Balaban J connectivity index is 2.49. The SMILES string of the molecule is CC(C)c1cccc([C@@H](C)C2CC2)c1C(=O)O. The Labute approximate surface area is 103 Å². The molecule has 0 spiro atoms. The quantitative estimate of drug-likeness (QED) is 0.851. The molecule has 0 unspecified atom stereocenters. The van der Waals surface area contributed by atoms with E-state index in [1.807, 2.05) is 32.0 Å². The van der Waals surface area contributed by atoms with Crippen LogP contribution in [0, 0.1) is 5.92 Å². The number of benzene rings is 1. The molecule has 0 bridgehead atoms. The molecular weight excluding hydrogens is 212 g/mol. The summed E-state index contributed by atoms with van der Waals surface area (Å²) < 4.78 is 0. The largest absolute Gasteiger partial charge is 0.478 e. The summed E-state index contributed by atoms with van der Waals surface area (Å²) in [6, 6.07) is 5.92. The van der Waals surface area contributed by atoms with E-state index in [9.17, 15) is 9.90 Å². The average molecular weight is 232 g/mol. The van der Waals surface area contributed by atoms with E-state index < -0.39 is 5.97 Å². The Hall–Kier alpha value is -1.31. The van der Waals surface area contributed by atoms with Gasteiger partial charge in [0.15, 0.2) is 0 Å². The smallest absolute Gasteiger partial charge is 0.336 e. The molecule has 1 saturated carbocycles. The highest BCUT2D eigenvalue weighted by molar-refractivity contribution is 5.91. The molecule has 0 aliphatic heterocycles. The van der Waals surface area contributed by atoms with Crippen molar-refractivity contribution in [1.82, 2.24) is 0 Å². The molecule has 1 atom stereocenters. The summed E-state index contributed by atoms with van der Waals surface area (Å²) in [6.07, 6.45) is 2.48. The van der Waals surface area contributed by atoms with Crippen molar-refractivity contribution in [3.8, 4) is 0 Å². The molecular formula is C15H20O2. The number of carbonyl (C=O) groups is 1. The molecule has 2 heteroatoms. The molecule has 92 valence electrons. The predicted molar refractivity (Wildman–Crippen MR) is 68.6 cm³/mol. The Kier molecular flexibility index (Phi) is 3.23. The summed E-state index contributed by atoms with van der Waals surface area (Å²) in [6.45, 7) is 6.25. The third-order valence-electron chi connectivity index (χ3n) is 3.78. The molecule has 2 rings (SSSR count). The lowest BCUT2D eigenvalue weighted by Gasteiger charge is -2.18. The molecule has 1 aliphatic rings. The van der Waals surface area contributed by atoms with Gasteiger partial charge >= 0.3 is 5.97 Å². The second-order valence-corrected chi connectivity index (χ2v) is 5.40. The van der Waals surface area contributed by atoms with E-state index in [1.54, 1.807) is 0 Å². The highest BCUT2D eigenvalue weighted by Crippen LogP contribution is 2.44. The Bertz CT molecular complexity index is 431. The summed E-state index contributed by atoms with van der Waals surface area (Å²) in [7, 11) is 0. The van der Waals surface area contributed by atoms with Crippen LogP contribution >= 0.6 is 0 Å². The third-order valence-corrected chi connectivity index (χ3v) is 3.78. The molecule has 17 heavy (non-hydrogen) atoms. The molecule has 0 heterocycles. The van der Waals surface area contributed by atoms with Gasteiger partial charge in [-0.05, 0) is 41.7 Å². The van der Waals surface area contributed by atoms with Crippen LogP contribution in [-0.2, 0) is 0 Å². The number of carboxylic acids is 1. The van der Waals surface area contributed by atoms with E-state index in [0.717, 1.165) is 11.1 Å². The molecule has 2 nitrogen and oxygen atoms in total. The van der Waals surface area contributed by atoms with Crippen LogP contribution in [0.5, 0.6) is 0 Å². The molecule has 1 aliphatic carbocycles. The van der Waals surface area contributed by atoms with Gasteiger partial charge in [-0.3, -0.25) is 0 Å². The second-order valence-electron chi connectivity index (χ2n) is 5.40. The van der Waals surface area contributed by atoms with Gasteiger partial charge in [0.05, 0.1) is 5.56 Å². The maximum atomic E-state index is 11.5. The average Bonchev–Trinajstić information content (AvgIpc) is 3.10. The van der Waals surface area contributed by atoms with Crippen molar-refractivity contribution in [2.24, 2.45) is 5.92 Å². The zero-order valence-corrected chi connectivity index (χ0v) is 10.7. The fraction of sp³-hybridized carbons (Fsp3) is 0.533. The van der Waals surface area contributed by atoms with E-state index in [1.165, 1.54) is 12.8 Å². The first-order chi connectivity index (χ1) is 8.02. The van der Waals surface area contributed by atoms with Crippen LogP contribution in [-0.4, -0.2) is 11.1 Å². The topological polar surface area (TPSA) is 37.3 Å². The monoisotopic (exact) mass is 232 g/mol. The van der Waals surface area contributed by atoms with Crippen molar-refractivity contribution >= 4 is 5.97 Å². The second kappa shape index (κ2) is 4.52. The Morgan fingerprint density at radius 2 is 1.82 bits per heavy atom. The summed E-state index contributed by atoms with van der Waals surface area (Å²) in [5, 5.41) is 9.45. The molecule has 1 N–H and O–H groups in total. The van der Waals surface area contributed by atoms with Crippen LogP contribution in [0.1, 0.15) is 66.9 Å². The van der Waals surface area contributed by atoms with Gasteiger partial charge in [-0.1, -0.05) is 39.0 Å². The maximum Gasteiger partial charge on any atom is 0.336 e. The predicted octanol–water partition coefficient (Wildman–Crippen LogP) is 4.02. The lowest BCUT2D eigenvalue weighted by molar-refractivity contribution is 0.0693. The van der Waals surface area contributed by atoms with Gasteiger partial charge in [-0.25, -0.2) is 4.79 Å². The summed E-state index contributed by atoms with van der Waals surface area (Å²) in [5.41, 5.74) is 2.52. The summed E-state index contributed by atoms with van der Waals surface area (Å²) in [5.74, 6) is 0.541. The van der Waals surface area contributed by atoms with Crippen LogP contribution in [0.3, 0.4) is 0 Å². The normalized spacial score (nSPS) is 17.2. The van der Waals surface area contributed by atoms with Crippen molar-refractivity contribution in [3.63, 3.8) is 0 Å². The molecule has 0 amide bonds. The van der Waals surface area contributed by atoms with E-state index in [2.05, 4.69) is 6.92 Å². The van der Waals surface area contributed by atoms with Gasteiger partial charge in [-0.2, -0.15) is 0 Å². The first-order valence-electron chi connectivity index (χ1n) is 6.38. The fourth-order valence-corrected chi connectivity index (χ4v) is 2.55. The van der Waals surface area contributed by atoms with E-state index in [-0.39, 0.29) is 5.92 Å². The molecule has 0 radical (unpaired) electrons. The number of hydrogen-bond donors (Lipinski definition) is 1. The number of rotatable bonds is 4. The fourth-order valence-electron chi connectivity index (χ4n) is 2.55. The zero-order chi connectivity index (χ0) is 12.6. The van der Waals surface area contributed by atoms with E-state index in [0.29, 0.717) is 17.4 Å². The number of hydrogen-bond acceptors (Lipinski definition) is 1. The van der Waals surface area contributed by atoms with Crippen LogP contribution in [0.15, 0.2) is 18.2 Å². The van der Waals surface area contributed by atoms with Gasteiger partial charge < -0.3 is 5.11 Å². The maximum absolute atomic E-state index is 11.5. The molecule has 1 fully saturated rings. The lowest BCUT2D eigenvalue weighted by atomic mass is 9.86. The van der Waals surface area contributed by atoms with Gasteiger partial charge in [0, 0.05) is 0 Å². The van der Waals surface area contributed by atoms with Gasteiger partial charge in [0.25, 0.3) is 0 Å². The third kappa shape index (κ3) is 2.36. The molecule has 1 aromatic rings. The van der Waals surface area contributed by atoms with Gasteiger partial charge in [0.2, 0.25) is 0 Å². The first-order valence-corrected chi connectivity index (χ1v) is 6.38. The molecule has 0 saturated heterocycles. The minimum atomic E-state index is -0.781. The molecule has 1 aromatic carbocycles. The molecule has 0 aromatic heterocycles. The van der Waals surface area contributed by atoms with Crippen LogP contribution in [0.2, 0.25) is 0 Å². The van der Waals surface area contributed by atoms with Crippen molar-refractivity contribution in [2.45, 2.75) is 45.4 Å². The van der Waals surface area contributed by atoms with Crippen molar-refractivity contribution in [3.05, 3.63) is 34.9 Å². The first kappa shape index (κ1) is 12.2. The lowest BCUT2D eigenvalue weighted by Crippen LogP contribution is -2.11. The highest BCUT2D eigenvalue weighted by Gasteiger charge is 2.32. The van der Waals surface area contributed by atoms with Crippen LogP contribution in [0.4, 0.5) is 0 Å². The van der Waals surface area contributed by atoms with Crippen molar-refractivity contribution in [2.75, 3.05) is 0 Å². The Morgan fingerprint density at radius 1 is 1.24 bits per heavy atom. The van der Waals surface area contributed by atoms with Crippen molar-refractivity contribution in [1.29, 1.82) is 0 Å². The van der Waals surface area contributed by atoms with Crippen LogP contribution in [0.25, 0.3) is 0 Å². The standard InChI is InChI=1S/C15H20O2/c1-9(2)12-5-4-6-13(14(12)15(16)17)10(3)11-7-8-11/h4-6,9-11H,7-8H2,1-3H3,(H,16,17)/t10-/m0/s1. The highest BCUT2D eigenvalue weighted by atomic mass is 16.4. The summed E-state index contributed by atoms with van der Waals surface area (Å²) in [4.78, 5) is 11.5. The zero-order valence-electron chi connectivity index (χ0n) is 10.7. The summed E-state index contributed by atoms with van der Waals surface area (Å²) >= 11 is 0. The Morgan fingerprint density at radius 3 is 2.29 bits per heavy atom. The van der Waals surface area contributed by atoms with E-state index >= 15 is 0 Å². The van der Waals surface area contributed by atoms with Gasteiger partial charge in [0.1, 0.15) is 0 Å². The van der Waals surface area contributed by atoms with E-state index in [4.69, 9.17) is 0 Å². The minimum absolute atomic E-state index is 0.257.